The standard InChI is InChI=1S/C32H34/c1-31(2,3)25-17-19-27(29(21-25)23-13-9-7-10-14-23)28-20-18-26(32(4,5)6)22-30(28)24-15-11-8-12-16-24/h7-22H,1-6H3. The maximum atomic E-state index is 2.39. The van der Waals surface area contributed by atoms with E-state index in [1.54, 1.807) is 0 Å². The van der Waals surface area contributed by atoms with Crippen LogP contribution in [0.25, 0.3) is 33.4 Å². The van der Waals surface area contributed by atoms with Crippen LogP contribution in [0.1, 0.15) is 52.7 Å². The lowest BCUT2D eigenvalue weighted by atomic mass is 9.80. The molecule has 0 saturated carbocycles. The van der Waals surface area contributed by atoms with Gasteiger partial charge in [0, 0.05) is 0 Å². The molecule has 0 aliphatic rings. The van der Waals surface area contributed by atoms with Crippen molar-refractivity contribution in [2.45, 2.75) is 52.4 Å². The van der Waals surface area contributed by atoms with Gasteiger partial charge in [0.2, 0.25) is 0 Å². The summed E-state index contributed by atoms with van der Waals surface area (Å²) >= 11 is 0. The van der Waals surface area contributed by atoms with Gasteiger partial charge < -0.3 is 0 Å². The minimum Gasteiger partial charge on any atom is -0.0622 e. The van der Waals surface area contributed by atoms with Gasteiger partial charge in [-0.25, -0.2) is 0 Å². The van der Waals surface area contributed by atoms with E-state index in [-0.39, 0.29) is 10.8 Å². The maximum Gasteiger partial charge on any atom is -0.00990 e. The lowest BCUT2D eigenvalue weighted by molar-refractivity contribution is 0.590. The summed E-state index contributed by atoms with van der Waals surface area (Å²) in [6.45, 7) is 13.7. The first kappa shape index (κ1) is 22.1. The predicted octanol–water partition coefficient (Wildman–Crippen LogP) is 9.28. The fourth-order valence-corrected chi connectivity index (χ4v) is 4.20. The summed E-state index contributed by atoms with van der Waals surface area (Å²) < 4.78 is 0. The molecule has 4 aromatic rings. The molecule has 32 heavy (non-hydrogen) atoms. The first-order valence-corrected chi connectivity index (χ1v) is 11.5. The first-order valence-electron chi connectivity index (χ1n) is 11.5. The minimum atomic E-state index is 0.0976. The number of hydrogen-bond acceptors (Lipinski definition) is 0. The van der Waals surface area contributed by atoms with E-state index >= 15 is 0 Å². The zero-order valence-corrected chi connectivity index (χ0v) is 20.2. The number of hydrogen-bond donors (Lipinski definition) is 0. The molecule has 0 N–H and O–H groups in total. The Kier molecular flexibility index (Phi) is 5.82. The average Bonchev–Trinajstić information content (AvgIpc) is 2.78. The Morgan fingerprint density at radius 2 is 0.719 bits per heavy atom. The highest BCUT2D eigenvalue weighted by Gasteiger charge is 2.21. The van der Waals surface area contributed by atoms with Crippen LogP contribution in [-0.2, 0) is 10.8 Å². The molecule has 4 aromatic carbocycles. The van der Waals surface area contributed by atoms with Crippen LogP contribution in [0.2, 0.25) is 0 Å². The summed E-state index contributed by atoms with van der Waals surface area (Å²) in [5.41, 5.74) is 10.6. The van der Waals surface area contributed by atoms with Crippen molar-refractivity contribution >= 4 is 0 Å². The molecule has 0 aliphatic heterocycles. The predicted molar refractivity (Wildman–Crippen MR) is 140 cm³/mol. The molecular formula is C32H34. The highest BCUT2D eigenvalue weighted by molar-refractivity contribution is 5.92. The Morgan fingerprint density at radius 3 is 1.03 bits per heavy atom. The highest BCUT2D eigenvalue weighted by Crippen LogP contribution is 2.41. The molecule has 0 amide bonds. The van der Waals surface area contributed by atoms with Gasteiger partial charge in [-0.15, -0.1) is 0 Å². The van der Waals surface area contributed by atoms with Crippen molar-refractivity contribution in [1.29, 1.82) is 0 Å². The number of benzene rings is 4. The smallest absolute Gasteiger partial charge is 0.00990 e. The van der Waals surface area contributed by atoms with Gasteiger partial charge in [0.05, 0.1) is 0 Å². The van der Waals surface area contributed by atoms with Crippen LogP contribution in [0.5, 0.6) is 0 Å². The van der Waals surface area contributed by atoms with Gasteiger partial charge in [-0.05, 0) is 55.3 Å². The Morgan fingerprint density at radius 1 is 0.375 bits per heavy atom. The second kappa shape index (κ2) is 8.43. The Bertz CT molecular complexity index is 1100. The minimum absolute atomic E-state index is 0.0976. The third-order valence-corrected chi connectivity index (χ3v) is 6.23. The zero-order chi connectivity index (χ0) is 22.9. The third-order valence-electron chi connectivity index (χ3n) is 6.23. The highest BCUT2D eigenvalue weighted by atomic mass is 14.2. The van der Waals surface area contributed by atoms with Crippen molar-refractivity contribution < 1.29 is 0 Å². The van der Waals surface area contributed by atoms with Gasteiger partial charge in [0.25, 0.3) is 0 Å². The third kappa shape index (κ3) is 4.55. The van der Waals surface area contributed by atoms with Crippen LogP contribution in [0.15, 0.2) is 97.1 Å². The molecule has 0 atom stereocenters. The van der Waals surface area contributed by atoms with E-state index in [9.17, 15) is 0 Å². The zero-order valence-electron chi connectivity index (χ0n) is 20.2. The van der Waals surface area contributed by atoms with Gasteiger partial charge in [-0.1, -0.05) is 139 Å². The second-order valence-electron chi connectivity index (χ2n) is 10.8. The molecular weight excluding hydrogens is 384 g/mol. The molecule has 0 aromatic heterocycles. The normalized spacial score (nSPS) is 12.1. The summed E-state index contributed by atoms with van der Waals surface area (Å²) in [5, 5.41) is 0. The van der Waals surface area contributed by atoms with Gasteiger partial charge >= 0.3 is 0 Å². The van der Waals surface area contributed by atoms with Crippen molar-refractivity contribution in [3.05, 3.63) is 108 Å². The summed E-state index contributed by atoms with van der Waals surface area (Å²) in [4.78, 5) is 0. The second-order valence-corrected chi connectivity index (χ2v) is 10.8. The quantitative estimate of drug-likeness (QED) is 0.311. The van der Waals surface area contributed by atoms with E-state index in [0.717, 1.165) is 0 Å². The Labute approximate surface area is 194 Å². The van der Waals surface area contributed by atoms with Crippen LogP contribution in [0.3, 0.4) is 0 Å². The Hall–Kier alpha value is -3.12. The fourth-order valence-electron chi connectivity index (χ4n) is 4.20. The summed E-state index contributed by atoms with van der Waals surface area (Å²) in [5.74, 6) is 0. The van der Waals surface area contributed by atoms with Crippen molar-refractivity contribution in [2.24, 2.45) is 0 Å². The van der Waals surface area contributed by atoms with Crippen molar-refractivity contribution in [3.63, 3.8) is 0 Å². The van der Waals surface area contributed by atoms with Gasteiger partial charge in [-0.3, -0.25) is 0 Å². The first-order chi connectivity index (χ1) is 15.1. The van der Waals surface area contributed by atoms with E-state index in [2.05, 4.69) is 139 Å². The number of rotatable bonds is 3. The van der Waals surface area contributed by atoms with Crippen LogP contribution >= 0.6 is 0 Å². The van der Waals surface area contributed by atoms with E-state index in [4.69, 9.17) is 0 Å². The van der Waals surface area contributed by atoms with Crippen molar-refractivity contribution in [2.75, 3.05) is 0 Å². The van der Waals surface area contributed by atoms with E-state index in [1.165, 1.54) is 44.5 Å². The van der Waals surface area contributed by atoms with E-state index in [0.29, 0.717) is 0 Å². The van der Waals surface area contributed by atoms with Crippen molar-refractivity contribution in [3.8, 4) is 33.4 Å². The van der Waals surface area contributed by atoms with E-state index < -0.39 is 0 Å². The van der Waals surface area contributed by atoms with Crippen LogP contribution < -0.4 is 0 Å². The molecule has 0 unspecified atom stereocenters. The summed E-state index contributed by atoms with van der Waals surface area (Å²) in [7, 11) is 0. The molecule has 0 spiro atoms. The molecule has 0 radical (unpaired) electrons. The van der Waals surface area contributed by atoms with E-state index in [1.807, 2.05) is 0 Å². The van der Waals surface area contributed by atoms with Crippen LogP contribution in [0.4, 0.5) is 0 Å². The molecule has 0 nitrogen and oxygen atoms in total. The lowest BCUT2D eigenvalue weighted by Gasteiger charge is -2.24. The monoisotopic (exact) mass is 418 g/mol. The summed E-state index contributed by atoms with van der Waals surface area (Å²) in [6.07, 6.45) is 0. The SMILES string of the molecule is CC(C)(C)c1ccc(-c2ccc(C(C)(C)C)cc2-c2ccccc2)c(-c2ccccc2)c1. The fraction of sp³-hybridized carbons (Fsp3) is 0.250. The molecule has 4 rings (SSSR count). The molecule has 0 aliphatic carbocycles. The topological polar surface area (TPSA) is 0 Å². The maximum absolute atomic E-state index is 2.39. The molecule has 0 heteroatoms. The molecule has 162 valence electrons. The molecule has 0 fully saturated rings. The lowest BCUT2D eigenvalue weighted by Crippen LogP contribution is -2.12. The van der Waals surface area contributed by atoms with Gasteiger partial charge in [0.1, 0.15) is 0 Å². The molecule has 0 bridgehead atoms. The van der Waals surface area contributed by atoms with Crippen LogP contribution in [0, 0.1) is 0 Å². The molecule has 0 saturated heterocycles. The Balaban J connectivity index is 2.01. The van der Waals surface area contributed by atoms with Gasteiger partial charge in [-0.2, -0.15) is 0 Å². The van der Waals surface area contributed by atoms with Crippen LogP contribution in [-0.4, -0.2) is 0 Å². The summed E-state index contributed by atoms with van der Waals surface area (Å²) in [6, 6.07) is 35.6. The van der Waals surface area contributed by atoms with Crippen molar-refractivity contribution in [1.82, 2.24) is 0 Å². The van der Waals surface area contributed by atoms with Gasteiger partial charge in [0.15, 0.2) is 0 Å². The average molecular weight is 419 g/mol. The largest absolute Gasteiger partial charge is 0.0622 e. The molecule has 0 heterocycles.